The molecule has 0 unspecified atom stereocenters. The Balaban J connectivity index is 1.56. The Hall–Kier alpha value is -3.52. The molecule has 0 aliphatic carbocycles. The van der Waals surface area contributed by atoms with Crippen LogP contribution < -0.4 is 10.1 Å². The van der Waals surface area contributed by atoms with E-state index in [1.165, 1.54) is 12.1 Å². The third-order valence-electron chi connectivity index (χ3n) is 5.41. The van der Waals surface area contributed by atoms with Crippen LogP contribution in [0.2, 0.25) is 5.02 Å². The summed E-state index contributed by atoms with van der Waals surface area (Å²) < 4.78 is 21.7. The molecule has 4 aromatic rings. The average Bonchev–Trinajstić information content (AvgIpc) is 3.39. The maximum Gasteiger partial charge on any atom is 0.222 e. The molecule has 0 bridgehead atoms. The maximum atomic E-state index is 13.5. The molecule has 1 atom stereocenters. The van der Waals surface area contributed by atoms with E-state index in [1.54, 1.807) is 43.7 Å². The molecule has 0 amide bonds. The first kappa shape index (κ1) is 20.4. The van der Waals surface area contributed by atoms with Gasteiger partial charge in [-0.1, -0.05) is 11.6 Å². The van der Waals surface area contributed by atoms with Gasteiger partial charge >= 0.3 is 0 Å². The van der Waals surface area contributed by atoms with Gasteiger partial charge in [0.25, 0.3) is 0 Å². The fourth-order valence-corrected chi connectivity index (χ4v) is 4.04. The lowest BCUT2D eigenvalue weighted by atomic mass is 10.1. The SMILES string of the molecule is CNc1nccc(-c2c(-c3ccc(F)cc3)nc3n2[C@H](COc2ccc(Cl)cn2)CC3)n1. The van der Waals surface area contributed by atoms with Crippen LogP contribution in [0.4, 0.5) is 10.3 Å². The summed E-state index contributed by atoms with van der Waals surface area (Å²) in [7, 11) is 1.77. The molecule has 32 heavy (non-hydrogen) atoms. The number of aryl methyl sites for hydroxylation is 1. The van der Waals surface area contributed by atoms with Gasteiger partial charge in [0.2, 0.25) is 11.8 Å². The number of aromatic nitrogens is 5. The van der Waals surface area contributed by atoms with Gasteiger partial charge in [-0.25, -0.2) is 24.3 Å². The predicted molar refractivity (Wildman–Crippen MR) is 120 cm³/mol. The van der Waals surface area contributed by atoms with Crippen molar-refractivity contribution in [2.24, 2.45) is 0 Å². The van der Waals surface area contributed by atoms with Crippen LogP contribution in [0.5, 0.6) is 5.88 Å². The lowest BCUT2D eigenvalue weighted by Crippen LogP contribution is -2.15. The Kier molecular flexibility index (Phi) is 5.45. The van der Waals surface area contributed by atoms with Crippen molar-refractivity contribution in [2.45, 2.75) is 18.9 Å². The third-order valence-corrected chi connectivity index (χ3v) is 5.64. The number of ether oxygens (including phenoxy) is 1. The number of anilines is 1. The Labute approximate surface area is 189 Å². The number of rotatable bonds is 6. The fourth-order valence-electron chi connectivity index (χ4n) is 3.93. The molecule has 1 N–H and O–H groups in total. The summed E-state index contributed by atoms with van der Waals surface area (Å²) in [5.41, 5.74) is 3.18. The van der Waals surface area contributed by atoms with Crippen LogP contribution in [0.1, 0.15) is 18.3 Å². The highest BCUT2D eigenvalue weighted by atomic mass is 35.5. The molecular formula is C23H20ClFN6O. The normalized spacial score (nSPS) is 14.9. The Bertz CT molecular complexity index is 1240. The molecule has 0 saturated heterocycles. The van der Waals surface area contributed by atoms with E-state index in [9.17, 15) is 4.39 Å². The lowest BCUT2D eigenvalue weighted by Gasteiger charge is -2.18. The smallest absolute Gasteiger partial charge is 0.222 e. The second-order valence-electron chi connectivity index (χ2n) is 7.44. The summed E-state index contributed by atoms with van der Waals surface area (Å²) in [6.07, 6.45) is 4.96. The molecule has 7 nitrogen and oxygen atoms in total. The summed E-state index contributed by atoms with van der Waals surface area (Å²) in [6, 6.07) is 11.8. The zero-order valence-electron chi connectivity index (χ0n) is 17.3. The van der Waals surface area contributed by atoms with Gasteiger partial charge in [-0.3, -0.25) is 0 Å². The van der Waals surface area contributed by atoms with E-state index < -0.39 is 0 Å². The number of nitrogens with one attached hydrogen (secondary N) is 1. The van der Waals surface area contributed by atoms with Gasteiger partial charge in [-0.05, 0) is 42.8 Å². The van der Waals surface area contributed by atoms with Crippen molar-refractivity contribution in [3.05, 3.63) is 71.5 Å². The van der Waals surface area contributed by atoms with Gasteiger partial charge in [0.1, 0.15) is 18.2 Å². The van der Waals surface area contributed by atoms with Crippen molar-refractivity contribution in [2.75, 3.05) is 19.0 Å². The van der Waals surface area contributed by atoms with Gasteiger partial charge in [0.05, 0.1) is 28.1 Å². The summed E-state index contributed by atoms with van der Waals surface area (Å²) in [6.45, 7) is 0.428. The lowest BCUT2D eigenvalue weighted by molar-refractivity contribution is 0.247. The monoisotopic (exact) mass is 450 g/mol. The number of nitrogens with zero attached hydrogens (tertiary/aromatic N) is 5. The van der Waals surface area contributed by atoms with E-state index in [0.717, 1.165) is 41.3 Å². The molecule has 9 heteroatoms. The molecule has 3 aromatic heterocycles. The van der Waals surface area contributed by atoms with E-state index in [-0.39, 0.29) is 11.9 Å². The minimum absolute atomic E-state index is 0.0483. The number of imidazole rings is 1. The van der Waals surface area contributed by atoms with E-state index in [4.69, 9.17) is 21.3 Å². The molecule has 1 aromatic carbocycles. The molecule has 162 valence electrons. The van der Waals surface area contributed by atoms with Gasteiger partial charge in [-0.2, -0.15) is 0 Å². The summed E-state index contributed by atoms with van der Waals surface area (Å²) in [5.74, 6) is 1.69. The second kappa shape index (κ2) is 8.55. The molecule has 0 spiro atoms. The zero-order chi connectivity index (χ0) is 22.1. The third kappa shape index (κ3) is 3.89. The van der Waals surface area contributed by atoms with Crippen LogP contribution >= 0.6 is 11.6 Å². The molecule has 0 saturated carbocycles. The highest BCUT2D eigenvalue weighted by Gasteiger charge is 2.31. The number of fused-ring (bicyclic) bond motifs is 1. The molecule has 0 radical (unpaired) electrons. The van der Waals surface area contributed by atoms with E-state index in [2.05, 4.69) is 24.8 Å². The number of pyridine rings is 1. The average molecular weight is 451 g/mol. The quantitative estimate of drug-likeness (QED) is 0.454. The molecule has 1 aliphatic rings. The number of hydrogen-bond donors (Lipinski definition) is 1. The van der Waals surface area contributed by atoms with Crippen LogP contribution in [0.25, 0.3) is 22.6 Å². The first-order chi connectivity index (χ1) is 15.6. The number of halogens is 2. The first-order valence-corrected chi connectivity index (χ1v) is 10.6. The van der Waals surface area contributed by atoms with Crippen molar-refractivity contribution in [1.82, 2.24) is 24.5 Å². The highest BCUT2D eigenvalue weighted by molar-refractivity contribution is 6.30. The van der Waals surface area contributed by atoms with Crippen LogP contribution in [-0.2, 0) is 6.42 Å². The minimum Gasteiger partial charge on any atom is -0.475 e. The zero-order valence-corrected chi connectivity index (χ0v) is 18.1. The Morgan fingerprint density at radius 1 is 1.12 bits per heavy atom. The predicted octanol–water partition coefficient (Wildman–Crippen LogP) is 4.80. The van der Waals surface area contributed by atoms with Crippen molar-refractivity contribution < 1.29 is 9.13 Å². The summed E-state index contributed by atoms with van der Waals surface area (Å²) >= 11 is 5.92. The van der Waals surface area contributed by atoms with Crippen molar-refractivity contribution in [3.8, 4) is 28.5 Å². The Morgan fingerprint density at radius 2 is 1.97 bits per heavy atom. The van der Waals surface area contributed by atoms with Crippen LogP contribution in [0, 0.1) is 5.82 Å². The van der Waals surface area contributed by atoms with Crippen LogP contribution in [0.3, 0.4) is 0 Å². The van der Waals surface area contributed by atoms with Crippen molar-refractivity contribution in [1.29, 1.82) is 0 Å². The van der Waals surface area contributed by atoms with Gasteiger partial charge in [0, 0.05) is 37.5 Å². The highest BCUT2D eigenvalue weighted by Crippen LogP contribution is 2.39. The fraction of sp³-hybridized carbons (Fsp3) is 0.217. The first-order valence-electron chi connectivity index (χ1n) is 10.2. The summed E-state index contributed by atoms with van der Waals surface area (Å²) in [4.78, 5) is 18.0. The van der Waals surface area contributed by atoms with Crippen LogP contribution in [-0.4, -0.2) is 38.2 Å². The van der Waals surface area contributed by atoms with Gasteiger partial charge in [-0.15, -0.1) is 0 Å². The van der Waals surface area contributed by atoms with E-state index in [0.29, 0.717) is 23.5 Å². The maximum absolute atomic E-state index is 13.5. The van der Waals surface area contributed by atoms with Crippen molar-refractivity contribution >= 4 is 17.5 Å². The van der Waals surface area contributed by atoms with Crippen LogP contribution in [0.15, 0.2) is 54.9 Å². The van der Waals surface area contributed by atoms with Gasteiger partial charge in [0.15, 0.2) is 0 Å². The van der Waals surface area contributed by atoms with E-state index >= 15 is 0 Å². The molecule has 5 rings (SSSR count). The van der Waals surface area contributed by atoms with Crippen molar-refractivity contribution in [3.63, 3.8) is 0 Å². The topological polar surface area (TPSA) is 77.8 Å². The number of benzene rings is 1. The number of hydrogen-bond acceptors (Lipinski definition) is 6. The minimum atomic E-state index is -0.289. The van der Waals surface area contributed by atoms with Gasteiger partial charge < -0.3 is 14.6 Å². The Morgan fingerprint density at radius 3 is 2.72 bits per heavy atom. The molecule has 0 fully saturated rings. The molecular weight excluding hydrogens is 431 g/mol. The molecule has 4 heterocycles. The summed E-state index contributed by atoms with van der Waals surface area (Å²) in [5, 5.41) is 3.54. The second-order valence-corrected chi connectivity index (χ2v) is 7.87. The molecule has 1 aliphatic heterocycles. The largest absolute Gasteiger partial charge is 0.475 e. The van der Waals surface area contributed by atoms with E-state index in [1.807, 2.05) is 6.07 Å². The standard InChI is InChI=1S/C23H20ClFN6O/c1-26-23-27-11-10-18(29-23)22-21(14-2-5-16(25)6-3-14)30-19-8-7-17(31(19)22)13-32-20-9-4-15(24)12-28-20/h2-6,9-12,17H,7-8,13H2,1H3,(H,26,27,29)/t17-/m0/s1.